The summed E-state index contributed by atoms with van der Waals surface area (Å²) in [6.45, 7) is 5.25. The van der Waals surface area contributed by atoms with Crippen molar-refractivity contribution in [3.05, 3.63) is 23.7 Å². The quantitative estimate of drug-likeness (QED) is 0.832. The molecule has 3 atom stereocenters. The fourth-order valence-electron chi connectivity index (χ4n) is 3.04. The number of carbonyl (C=O) groups is 1. The van der Waals surface area contributed by atoms with Gasteiger partial charge in [-0.2, -0.15) is 0 Å². The van der Waals surface area contributed by atoms with Gasteiger partial charge in [0.25, 0.3) is 0 Å². The van der Waals surface area contributed by atoms with Gasteiger partial charge in [-0.3, -0.25) is 0 Å². The van der Waals surface area contributed by atoms with Gasteiger partial charge in [-0.25, -0.2) is 4.79 Å². The summed E-state index contributed by atoms with van der Waals surface area (Å²) in [6, 6.07) is 2.30. The summed E-state index contributed by atoms with van der Waals surface area (Å²) >= 11 is 0. The number of nitrogens with one attached hydrogen (secondary N) is 1. The Morgan fingerprint density at radius 2 is 2.32 bits per heavy atom. The summed E-state index contributed by atoms with van der Waals surface area (Å²) in [5, 5.41) is 3.54. The second-order valence-corrected chi connectivity index (χ2v) is 5.39. The molecule has 4 heteroatoms. The molecule has 0 amide bonds. The van der Waals surface area contributed by atoms with Crippen molar-refractivity contribution < 1.29 is 13.9 Å². The van der Waals surface area contributed by atoms with E-state index in [0.29, 0.717) is 24.1 Å². The van der Waals surface area contributed by atoms with Crippen LogP contribution in [0.2, 0.25) is 0 Å². The fourth-order valence-corrected chi connectivity index (χ4v) is 3.04. The van der Waals surface area contributed by atoms with Gasteiger partial charge in [-0.1, -0.05) is 20.3 Å². The third-order valence-electron chi connectivity index (χ3n) is 4.36. The molecular formula is C15H23NO3. The Morgan fingerprint density at radius 3 is 2.95 bits per heavy atom. The first kappa shape index (κ1) is 14.1. The average molecular weight is 265 g/mol. The number of carbonyl (C=O) groups excluding carboxylic acids is 1. The maximum atomic E-state index is 11.3. The van der Waals surface area contributed by atoms with Crippen LogP contribution in [0, 0.1) is 11.8 Å². The second kappa shape index (κ2) is 6.24. The van der Waals surface area contributed by atoms with Crippen LogP contribution in [0.1, 0.15) is 49.2 Å². The van der Waals surface area contributed by atoms with Crippen molar-refractivity contribution in [1.29, 1.82) is 0 Å². The molecule has 0 spiro atoms. The molecule has 1 aliphatic carbocycles. The molecule has 0 aliphatic heterocycles. The fraction of sp³-hybridized carbons (Fsp3) is 0.667. The first-order valence-corrected chi connectivity index (χ1v) is 7.04. The summed E-state index contributed by atoms with van der Waals surface area (Å²) in [5.41, 5.74) is 0.477. The van der Waals surface area contributed by atoms with Crippen LogP contribution in [0.5, 0.6) is 0 Å². The first-order chi connectivity index (χ1) is 9.15. The lowest BCUT2D eigenvalue weighted by molar-refractivity contribution is 0.0600. The van der Waals surface area contributed by atoms with Crippen molar-refractivity contribution in [3.63, 3.8) is 0 Å². The summed E-state index contributed by atoms with van der Waals surface area (Å²) in [5.74, 6) is 1.97. The number of ether oxygens (including phenoxy) is 1. The molecule has 2 rings (SSSR count). The SMILES string of the molecule is CCC1CCC(NCc2cc(C(=O)OC)co2)C1C. The highest BCUT2D eigenvalue weighted by molar-refractivity contribution is 5.88. The Balaban J connectivity index is 1.86. The van der Waals surface area contributed by atoms with E-state index in [9.17, 15) is 4.79 Å². The van der Waals surface area contributed by atoms with E-state index in [1.54, 1.807) is 6.07 Å². The molecule has 4 nitrogen and oxygen atoms in total. The minimum atomic E-state index is -0.352. The molecule has 1 N–H and O–H groups in total. The minimum absolute atomic E-state index is 0.352. The van der Waals surface area contributed by atoms with Crippen LogP contribution < -0.4 is 5.32 Å². The van der Waals surface area contributed by atoms with E-state index in [1.807, 2.05) is 0 Å². The van der Waals surface area contributed by atoms with Crippen molar-refractivity contribution in [2.45, 2.75) is 45.7 Å². The van der Waals surface area contributed by atoms with Crippen LogP contribution in [0.3, 0.4) is 0 Å². The zero-order chi connectivity index (χ0) is 13.8. The van der Waals surface area contributed by atoms with Gasteiger partial charge in [0.15, 0.2) is 0 Å². The third-order valence-corrected chi connectivity index (χ3v) is 4.36. The van der Waals surface area contributed by atoms with Crippen LogP contribution >= 0.6 is 0 Å². The Labute approximate surface area is 114 Å². The normalized spacial score (nSPS) is 26.6. The molecule has 106 valence electrons. The van der Waals surface area contributed by atoms with Gasteiger partial charge >= 0.3 is 5.97 Å². The van der Waals surface area contributed by atoms with E-state index in [2.05, 4.69) is 23.9 Å². The molecule has 1 aromatic rings. The topological polar surface area (TPSA) is 51.5 Å². The number of hydrogen-bond acceptors (Lipinski definition) is 4. The molecular weight excluding hydrogens is 242 g/mol. The van der Waals surface area contributed by atoms with Gasteiger partial charge in [0.05, 0.1) is 19.2 Å². The number of methoxy groups -OCH3 is 1. The van der Waals surface area contributed by atoms with Gasteiger partial charge < -0.3 is 14.5 Å². The smallest absolute Gasteiger partial charge is 0.341 e. The van der Waals surface area contributed by atoms with Crippen LogP contribution in [0.25, 0.3) is 0 Å². The predicted octanol–water partition coefficient (Wildman–Crippen LogP) is 2.98. The summed E-state index contributed by atoms with van der Waals surface area (Å²) in [6.07, 6.45) is 5.24. The van der Waals surface area contributed by atoms with E-state index in [1.165, 1.54) is 32.6 Å². The zero-order valence-electron chi connectivity index (χ0n) is 11.9. The number of hydrogen-bond donors (Lipinski definition) is 1. The maximum Gasteiger partial charge on any atom is 0.341 e. The van der Waals surface area contributed by atoms with Crippen molar-refractivity contribution in [1.82, 2.24) is 5.32 Å². The van der Waals surface area contributed by atoms with Gasteiger partial charge in [0.2, 0.25) is 0 Å². The Bertz CT molecular complexity index is 427. The molecule has 0 saturated heterocycles. The Kier molecular flexibility index (Phi) is 4.64. The highest BCUT2D eigenvalue weighted by Crippen LogP contribution is 2.33. The summed E-state index contributed by atoms with van der Waals surface area (Å²) in [4.78, 5) is 11.3. The molecule has 0 radical (unpaired) electrons. The maximum absolute atomic E-state index is 11.3. The van der Waals surface area contributed by atoms with E-state index in [-0.39, 0.29) is 5.97 Å². The van der Waals surface area contributed by atoms with Crippen LogP contribution in [-0.4, -0.2) is 19.1 Å². The predicted molar refractivity (Wildman–Crippen MR) is 72.9 cm³/mol. The van der Waals surface area contributed by atoms with Crippen molar-refractivity contribution in [2.75, 3.05) is 7.11 Å². The lowest BCUT2D eigenvalue weighted by Crippen LogP contribution is -2.32. The molecule has 1 aliphatic rings. The van der Waals surface area contributed by atoms with Crippen molar-refractivity contribution >= 4 is 5.97 Å². The number of furan rings is 1. The van der Waals surface area contributed by atoms with Crippen molar-refractivity contribution in [2.24, 2.45) is 11.8 Å². The number of rotatable bonds is 5. The summed E-state index contributed by atoms with van der Waals surface area (Å²) in [7, 11) is 1.37. The Hall–Kier alpha value is -1.29. The molecule has 1 saturated carbocycles. The molecule has 1 aromatic heterocycles. The average Bonchev–Trinajstić information content (AvgIpc) is 3.02. The monoisotopic (exact) mass is 265 g/mol. The third kappa shape index (κ3) is 3.18. The van der Waals surface area contributed by atoms with Gasteiger partial charge in [0.1, 0.15) is 12.0 Å². The highest BCUT2D eigenvalue weighted by Gasteiger charge is 2.31. The highest BCUT2D eigenvalue weighted by atomic mass is 16.5. The minimum Gasteiger partial charge on any atom is -0.467 e. The molecule has 19 heavy (non-hydrogen) atoms. The first-order valence-electron chi connectivity index (χ1n) is 7.04. The van der Waals surface area contributed by atoms with Gasteiger partial charge in [0, 0.05) is 6.04 Å². The molecule has 0 aromatic carbocycles. The molecule has 1 heterocycles. The standard InChI is InChI=1S/C15H23NO3/c1-4-11-5-6-14(10(11)2)16-8-13-7-12(9-19-13)15(17)18-3/h7,9-11,14,16H,4-6,8H2,1-3H3. The zero-order valence-corrected chi connectivity index (χ0v) is 11.9. The second-order valence-electron chi connectivity index (χ2n) is 5.39. The van der Waals surface area contributed by atoms with Crippen LogP contribution in [-0.2, 0) is 11.3 Å². The van der Waals surface area contributed by atoms with E-state index in [4.69, 9.17) is 4.42 Å². The van der Waals surface area contributed by atoms with Gasteiger partial charge in [-0.05, 0) is 30.7 Å². The van der Waals surface area contributed by atoms with Crippen molar-refractivity contribution in [3.8, 4) is 0 Å². The molecule has 0 bridgehead atoms. The van der Waals surface area contributed by atoms with Crippen LogP contribution in [0.15, 0.2) is 16.7 Å². The number of esters is 1. The van der Waals surface area contributed by atoms with E-state index < -0.39 is 0 Å². The van der Waals surface area contributed by atoms with E-state index in [0.717, 1.165) is 11.7 Å². The van der Waals surface area contributed by atoms with Gasteiger partial charge in [-0.15, -0.1) is 0 Å². The van der Waals surface area contributed by atoms with E-state index >= 15 is 0 Å². The largest absolute Gasteiger partial charge is 0.467 e. The lowest BCUT2D eigenvalue weighted by atomic mass is 9.93. The Morgan fingerprint density at radius 1 is 1.53 bits per heavy atom. The van der Waals surface area contributed by atoms with Crippen LogP contribution in [0.4, 0.5) is 0 Å². The summed E-state index contributed by atoms with van der Waals surface area (Å²) < 4.78 is 10.0. The molecule has 1 fully saturated rings. The lowest BCUT2D eigenvalue weighted by Gasteiger charge is -2.20. The molecule has 3 unspecified atom stereocenters.